The van der Waals surface area contributed by atoms with Crippen LogP contribution in [0, 0.1) is 11.6 Å². The first-order valence-corrected chi connectivity index (χ1v) is 12.0. The molecule has 35 heavy (non-hydrogen) atoms. The number of nitrogens with one attached hydrogen (secondary N) is 1. The van der Waals surface area contributed by atoms with E-state index in [0.29, 0.717) is 6.42 Å². The Morgan fingerprint density at radius 3 is 2.26 bits per heavy atom. The second kappa shape index (κ2) is 12.5. The van der Waals surface area contributed by atoms with E-state index in [-0.39, 0.29) is 47.5 Å². The Balaban J connectivity index is 2.02. The molecule has 3 aromatic rings. The van der Waals surface area contributed by atoms with Gasteiger partial charge in [0.05, 0.1) is 6.42 Å². The number of nitrogens with zero attached hydrogens (tertiary/aromatic N) is 1. The minimum atomic E-state index is -0.941. The molecule has 2 atom stereocenters. The molecule has 3 aromatic carbocycles. The maximum absolute atomic E-state index is 14.6. The lowest BCUT2D eigenvalue weighted by atomic mass is 10.0. The summed E-state index contributed by atoms with van der Waals surface area (Å²) in [6.45, 7) is 3.67. The van der Waals surface area contributed by atoms with Crippen LogP contribution in [0.25, 0.3) is 0 Å². The molecule has 0 aromatic heterocycles. The van der Waals surface area contributed by atoms with Crippen LogP contribution in [0.5, 0.6) is 0 Å². The molecule has 0 spiro atoms. The average molecular weight is 499 g/mol. The predicted molar refractivity (Wildman–Crippen MR) is 134 cm³/mol. The Morgan fingerprint density at radius 1 is 0.943 bits per heavy atom. The number of carbonyl (C=O) groups is 2. The van der Waals surface area contributed by atoms with Gasteiger partial charge in [-0.3, -0.25) is 9.59 Å². The number of hydrogen-bond donors (Lipinski definition) is 1. The van der Waals surface area contributed by atoms with Crippen molar-refractivity contribution in [1.82, 2.24) is 10.2 Å². The maximum Gasteiger partial charge on any atom is 0.243 e. The second-order valence-electron chi connectivity index (χ2n) is 8.51. The van der Waals surface area contributed by atoms with Crippen LogP contribution in [-0.2, 0) is 29.0 Å². The molecule has 0 unspecified atom stereocenters. The molecular weight excluding hydrogens is 470 g/mol. The smallest absolute Gasteiger partial charge is 0.243 e. The third-order valence-corrected chi connectivity index (χ3v) is 6.31. The first kappa shape index (κ1) is 26.4. The highest BCUT2D eigenvalue weighted by Gasteiger charge is 2.32. The van der Waals surface area contributed by atoms with E-state index in [4.69, 9.17) is 11.6 Å². The first-order valence-electron chi connectivity index (χ1n) is 11.6. The third-order valence-electron chi connectivity index (χ3n) is 5.96. The number of carbonyl (C=O) groups excluding carboxylic acids is 2. The fourth-order valence-corrected chi connectivity index (χ4v) is 3.99. The summed E-state index contributed by atoms with van der Waals surface area (Å²) in [5.74, 6) is -1.98. The van der Waals surface area contributed by atoms with Crippen LogP contribution >= 0.6 is 11.6 Å². The summed E-state index contributed by atoms with van der Waals surface area (Å²) in [4.78, 5) is 28.4. The lowest BCUT2D eigenvalue weighted by Crippen LogP contribution is -2.52. The van der Waals surface area contributed by atoms with Crippen molar-refractivity contribution in [2.24, 2.45) is 0 Å². The van der Waals surface area contributed by atoms with Gasteiger partial charge in [-0.1, -0.05) is 73.1 Å². The fraction of sp³-hybridized carbons (Fsp3) is 0.286. The molecule has 0 saturated carbocycles. The molecule has 0 heterocycles. The highest BCUT2D eigenvalue weighted by Crippen LogP contribution is 2.23. The summed E-state index contributed by atoms with van der Waals surface area (Å²) in [6.07, 6.45) is 0.562. The van der Waals surface area contributed by atoms with E-state index in [1.807, 2.05) is 44.2 Å². The third kappa shape index (κ3) is 7.12. The molecule has 2 amide bonds. The van der Waals surface area contributed by atoms with Gasteiger partial charge in [0.25, 0.3) is 0 Å². The lowest BCUT2D eigenvalue weighted by molar-refractivity contribution is -0.141. The van der Waals surface area contributed by atoms with E-state index >= 15 is 0 Å². The molecule has 0 aliphatic carbocycles. The van der Waals surface area contributed by atoms with Crippen LogP contribution in [0.1, 0.15) is 37.0 Å². The van der Waals surface area contributed by atoms with Gasteiger partial charge in [0.15, 0.2) is 0 Å². The Kier molecular flexibility index (Phi) is 9.38. The second-order valence-corrected chi connectivity index (χ2v) is 8.92. The van der Waals surface area contributed by atoms with Gasteiger partial charge in [0.2, 0.25) is 11.8 Å². The van der Waals surface area contributed by atoms with Gasteiger partial charge in [-0.2, -0.15) is 0 Å². The summed E-state index contributed by atoms with van der Waals surface area (Å²) in [6, 6.07) is 18.5. The summed E-state index contributed by atoms with van der Waals surface area (Å²) in [5, 5.41) is 3.06. The van der Waals surface area contributed by atoms with Crippen molar-refractivity contribution in [3.8, 4) is 0 Å². The van der Waals surface area contributed by atoms with Crippen molar-refractivity contribution >= 4 is 23.4 Å². The van der Waals surface area contributed by atoms with Crippen molar-refractivity contribution < 1.29 is 18.4 Å². The molecular formula is C28H29ClF2N2O2. The van der Waals surface area contributed by atoms with Crippen molar-refractivity contribution in [2.75, 3.05) is 0 Å². The molecule has 0 aliphatic heterocycles. The molecule has 0 saturated heterocycles. The number of hydrogen-bond acceptors (Lipinski definition) is 2. The van der Waals surface area contributed by atoms with Crippen LogP contribution in [0.2, 0.25) is 5.02 Å². The molecule has 0 bridgehead atoms. The Labute approximate surface area is 209 Å². The normalized spacial score (nSPS) is 12.6. The fourth-order valence-electron chi connectivity index (χ4n) is 3.76. The molecule has 7 heteroatoms. The Bertz CT molecular complexity index is 1140. The standard InChI is InChI=1S/C28H29ClF2N2O2/c1-3-19(2)32-28(35)26(16-20-10-5-4-6-11-20)33(18-21-12-7-8-14-24(21)30)27(34)17-22-23(29)13-9-15-25(22)31/h4-15,19,26H,3,16-18H2,1-2H3,(H,32,35)/t19-,26+/m0/s1. The van der Waals surface area contributed by atoms with Crippen LogP contribution in [0.15, 0.2) is 72.8 Å². The molecule has 3 rings (SSSR count). The quantitative estimate of drug-likeness (QED) is 0.389. The highest BCUT2D eigenvalue weighted by atomic mass is 35.5. The monoisotopic (exact) mass is 498 g/mol. The van der Waals surface area contributed by atoms with Crippen molar-refractivity contribution in [3.05, 3.63) is 106 Å². The van der Waals surface area contributed by atoms with E-state index in [2.05, 4.69) is 5.32 Å². The van der Waals surface area contributed by atoms with Gasteiger partial charge < -0.3 is 10.2 Å². The number of amides is 2. The number of rotatable bonds is 10. The SMILES string of the molecule is CC[C@H](C)NC(=O)[C@@H](Cc1ccccc1)N(Cc1ccccc1F)C(=O)Cc1c(F)cccc1Cl. The average Bonchev–Trinajstić information content (AvgIpc) is 2.85. The van der Waals surface area contributed by atoms with E-state index in [1.54, 1.807) is 18.2 Å². The predicted octanol–water partition coefficient (Wildman–Crippen LogP) is 5.72. The largest absolute Gasteiger partial charge is 0.352 e. The van der Waals surface area contributed by atoms with E-state index < -0.39 is 23.6 Å². The number of benzene rings is 3. The van der Waals surface area contributed by atoms with Gasteiger partial charge >= 0.3 is 0 Å². The van der Waals surface area contributed by atoms with Gasteiger partial charge in [-0.25, -0.2) is 8.78 Å². The molecule has 1 N–H and O–H groups in total. The topological polar surface area (TPSA) is 49.4 Å². The summed E-state index contributed by atoms with van der Waals surface area (Å²) >= 11 is 6.17. The first-order chi connectivity index (χ1) is 16.8. The van der Waals surface area contributed by atoms with E-state index in [1.165, 1.54) is 29.2 Å². The van der Waals surface area contributed by atoms with Crippen molar-refractivity contribution in [1.29, 1.82) is 0 Å². The number of halogens is 3. The molecule has 184 valence electrons. The maximum atomic E-state index is 14.6. The zero-order valence-electron chi connectivity index (χ0n) is 19.8. The van der Waals surface area contributed by atoms with Crippen LogP contribution in [0.4, 0.5) is 8.78 Å². The highest BCUT2D eigenvalue weighted by molar-refractivity contribution is 6.31. The minimum absolute atomic E-state index is 0.0403. The van der Waals surface area contributed by atoms with Crippen molar-refractivity contribution in [3.63, 3.8) is 0 Å². The van der Waals surface area contributed by atoms with Crippen LogP contribution < -0.4 is 5.32 Å². The summed E-state index contributed by atoms with van der Waals surface area (Å²) in [7, 11) is 0. The van der Waals surface area contributed by atoms with Gasteiger partial charge in [-0.15, -0.1) is 0 Å². The zero-order valence-corrected chi connectivity index (χ0v) is 20.6. The van der Waals surface area contributed by atoms with Crippen molar-refractivity contribution in [2.45, 2.75) is 51.7 Å². The summed E-state index contributed by atoms with van der Waals surface area (Å²) in [5.41, 5.74) is 1.14. The molecule has 4 nitrogen and oxygen atoms in total. The molecule has 0 radical (unpaired) electrons. The zero-order chi connectivity index (χ0) is 25.4. The Hall–Kier alpha value is -3.25. The Morgan fingerprint density at radius 2 is 1.60 bits per heavy atom. The van der Waals surface area contributed by atoms with Crippen LogP contribution in [0.3, 0.4) is 0 Å². The molecule has 0 aliphatic rings. The van der Waals surface area contributed by atoms with E-state index in [9.17, 15) is 18.4 Å². The van der Waals surface area contributed by atoms with E-state index in [0.717, 1.165) is 5.56 Å². The van der Waals surface area contributed by atoms with Crippen LogP contribution in [-0.4, -0.2) is 28.8 Å². The summed E-state index contributed by atoms with van der Waals surface area (Å²) < 4.78 is 29.1. The lowest BCUT2D eigenvalue weighted by Gasteiger charge is -2.32. The van der Waals surface area contributed by atoms with Gasteiger partial charge in [0, 0.05) is 35.2 Å². The minimum Gasteiger partial charge on any atom is -0.352 e. The van der Waals surface area contributed by atoms with Gasteiger partial charge in [0.1, 0.15) is 17.7 Å². The molecule has 0 fully saturated rings. The van der Waals surface area contributed by atoms with Gasteiger partial charge in [-0.05, 0) is 37.1 Å².